The van der Waals surface area contributed by atoms with E-state index in [9.17, 15) is 0 Å². The van der Waals surface area contributed by atoms with Gasteiger partial charge in [0, 0.05) is 23.6 Å². The van der Waals surface area contributed by atoms with Crippen molar-refractivity contribution < 1.29 is 15.2 Å². The molecule has 0 rings (SSSR count). The molecule has 0 aliphatic carbocycles. The van der Waals surface area contributed by atoms with Crippen LogP contribution in [0.15, 0.2) is 10.3 Å². The highest BCUT2D eigenvalue weighted by Crippen LogP contribution is 1.78. The van der Waals surface area contributed by atoms with Crippen molar-refractivity contribution in [1.29, 1.82) is 0 Å². The summed E-state index contributed by atoms with van der Waals surface area (Å²) >= 11 is 0. The molecule has 0 aromatic carbocycles. The molecule has 98 valence electrons. The standard InChI is InChI=1S/2C4H9NO.C2H8OSi/c2*1-3-4(2)5-6;1-3-2-4/h2*6H,3H2,1-2H3;2H2,1,4H3. The summed E-state index contributed by atoms with van der Waals surface area (Å²) in [6.45, 7) is 7.43. The number of nitrogens with zero attached hydrogens (tertiary/aromatic N) is 2. The predicted molar refractivity (Wildman–Crippen MR) is 72.2 cm³/mol. The van der Waals surface area contributed by atoms with Crippen molar-refractivity contribution >= 4 is 21.7 Å². The van der Waals surface area contributed by atoms with Gasteiger partial charge < -0.3 is 15.2 Å². The number of ether oxygens (including phenoxy) is 1. The van der Waals surface area contributed by atoms with Gasteiger partial charge in [-0.05, 0) is 26.7 Å². The number of methoxy groups -OCH3 is 1. The average Bonchev–Trinajstić information content (AvgIpc) is 2.37. The van der Waals surface area contributed by atoms with E-state index in [0.29, 0.717) is 0 Å². The zero-order valence-electron chi connectivity index (χ0n) is 11.3. The van der Waals surface area contributed by atoms with Crippen LogP contribution >= 0.6 is 0 Å². The molecule has 0 unspecified atom stereocenters. The van der Waals surface area contributed by atoms with E-state index in [2.05, 4.69) is 15.0 Å². The van der Waals surface area contributed by atoms with Crippen molar-refractivity contribution in [2.45, 2.75) is 40.5 Å². The first kappa shape index (κ1) is 20.5. The van der Waals surface area contributed by atoms with Crippen LogP contribution in [0.5, 0.6) is 0 Å². The van der Waals surface area contributed by atoms with Crippen LogP contribution in [0.2, 0.25) is 0 Å². The van der Waals surface area contributed by atoms with Gasteiger partial charge in [0.15, 0.2) is 0 Å². The zero-order valence-corrected chi connectivity index (χ0v) is 13.3. The third kappa shape index (κ3) is 29.2. The van der Waals surface area contributed by atoms with Crippen LogP contribution in [-0.2, 0) is 4.74 Å². The molecule has 0 heterocycles. The Bertz CT molecular complexity index is 165. The summed E-state index contributed by atoms with van der Waals surface area (Å²) in [5.41, 5.74) is 1.55. The normalized spacial score (nSPS) is 11.1. The Labute approximate surface area is 102 Å². The van der Waals surface area contributed by atoms with Crippen LogP contribution in [0.3, 0.4) is 0 Å². The maximum Gasteiger partial charge on any atom is 0.0537 e. The molecule has 0 atom stereocenters. The Morgan fingerprint density at radius 2 is 1.31 bits per heavy atom. The lowest BCUT2D eigenvalue weighted by atomic mass is 10.3. The second kappa shape index (κ2) is 19.7. The summed E-state index contributed by atoms with van der Waals surface area (Å²) in [5, 5.41) is 21.7. The fourth-order valence-corrected chi connectivity index (χ4v) is 0.141. The van der Waals surface area contributed by atoms with E-state index in [1.165, 1.54) is 10.2 Å². The van der Waals surface area contributed by atoms with Gasteiger partial charge in [-0.15, -0.1) is 0 Å². The molecule has 0 aliphatic rings. The fraction of sp³-hybridized carbons (Fsp3) is 0.800. The molecule has 0 amide bonds. The second-order valence-corrected chi connectivity index (χ2v) is 3.53. The zero-order chi connectivity index (χ0) is 13.4. The van der Waals surface area contributed by atoms with E-state index in [-0.39, 0.29) is 0 Å². The summed E-state index contributed by atoms with van der Waals surface area (Å²) in [6, 6.07) is 0. The molecule has 0 saturated carbocycles. The molecule has 0 radical (unpaired) electrons. The Hall–Kier alpha value is -0.883. The van der Waals surface area contributed by atoms with Crippen LogP contribution in [0.4, 0.5) is 0 Å². The highest BCUT2D eigenvalue weighted by Gasteiger charge is 1.78. The summed E-state index contributed by atoms with van der Waals surface area (Å²) in [7, 11) is 2.88. The monoisotopic (exact) mass is 250 g/mol. The van der Waals surface area contributed by atoms with Gasteiger partial charge in [0.05, 0.1) is 11.4 Å². The van der Waals surface area contributed by atoms with Crippen LogP contribution < -0.4 is 0 Å². The number of hydrogen-bond acceptors (Lipinski definition) is 5. The highest BCUT2D eigenvalue weighted by atomic mass is 28.1. The van der Waals surface area contributed by atoms with Gasteiger partial charge in [-0.25, -0.2) is 0 Å². The predicted octanol–water partition coefficient (Wildman–Crippen LogP) is 1.45. The molecule has 2 N–H and O–H groups in total. The summed E-state index contributed by atoms with van der Waals surface area (Å²) < 4.78 is 4.60. The molecular weight excluding hydrogens is 224 g/mol. The maximum absolute atomic E-state index is 7.92. The molecular formula is C10H26N2O3Si. The van der Waals surface area contributed by atoms with Crippen molar-refractivity contribution in [3.63, 3.8) is 0 Å². The molecule has 6 heteroatoms. The summed E-state index contributed by atoms with van der Waals surface area (Å²) in [6.07, 6.45) is 2.62. The smallest absolute Gasteiger partial charge is 0.0537 e. The first-order valence-corrected chi connectivity index (χ1v) is 6.79. The largest absolute Gasteiger partial charge is 0.411 e. The molecule has 0 aliphatic heterocycles. The first-order valence-electron chi connectivity index (χ1n) is 5.37. The second-order valence-electron chi connectivity index (χ2n) is 2.96. The van der Waals surface area contributed by atoms with Gasteiger partial charge in [0.2, 0.25) is 0 Å². The molecule has 0 bridgehead atoms. The SMILES string of the molecule is CCC(C)=NO.CCC(C)=NO.COC[SiH3]. The van der Waals surface area contributed by atoms with Crippen molar-refractivity contribution in [2.75, 3.05) is 13.3 Å². The van der Waals surface area contributed by atoms with Crippen molar-refractivity contribution in [1.82, 2.24) is 0 Å². The molecule has 0 saturated heterocycles. The fourth-order valence-electron chi connectivity index (χ4n) is 0.141. The summed E-state index contributed by atoms with van der Waals surface area (Å²) in [4.78, 5) is 0. The summed E-state index contributed by atoms with van der Waals surface area (Å²) in [5.74, 6) is 0. The van der Waals surface area contributed by atoms with E-state index >= 15 is 0 Å². The van der Waals surface area contributed by atoms with Gasteiger partial charge >= 0.3 is 0 Å². The quantitative estimate of drug-likeness (QED) is 0.344. The maximum atomic E-state index is 7.92. The topological polar surface area (TPSA) is 74.4 Å². The Balaban J connectivity index is -0.000000162. The average molecular weight is 250 g/mol. The number of hydrogen-bond donors (Lipinski definition) is 2. The van der Waals surface area contributed by atoms with Gasteiger partial charge in [-0.2, -0.15) is 0 Å². The molecule has 0 aromatic rings. The van der Waals surface area contributed by atoms with Crippen LogP contribution in [-0.4, -0.2) is 45.4 Å². The molecule has 0 fully saturated rings. The minimum atomic E-state index is 0.773. The minimum Gasteiger partial charge on any atom is -0.411 e. The number of rotatable bonds is 3. The molecule has 16 heavy (non-hydrogen) atoms. The van der Waals surface area contributed by atoms with Crippen LogP contribution in [0, 0.1) is 0 Å². The van der Waals surface area contributed by atoms with Crippen LogP contribution in [0.1, 0.15) is 40.5 Å². The van der Waals surface area contributed by atoms with E-state index in [0.717, 1.165) is 30.5 Å². The highest BCUT2D eigenvalue weighted by molar-refractivity contribution is 6.08. The van der Waals surface area contributed by atoms with Gasteiger partial charge in [-0.3, -0.25) is 0 Å². The van der Waals surface area contributed by atoms with Crippen molar-refractivity contribution in [3.8, 4) is 0 Å². The van der Waals surface area contributed by atoms with Gasteiger partial charge in [-0.1, -0.05) is 24.2 Å². The van der Waals surface area contributed by atoms with E-state index in [1.807, 2.05) is 13.8 Å². The lowest BCUT2D eigenvalue weighted by molar-refractivity contribution is 0.254. The van der Waals surface area contributed by atoms with E-state index in [1.54, 1.807) is 21.0 Å². The van der Waals surface area contributed by atoms with E-state index < -0.39 is 0 Å². The van der Waals surface area contributed by atoms with Gasteiger partial charge in [0.1, 0.15) is 0 Å². The molecule has 0 aromatic heterocycles. The Morgan fingerprint density at radius 3 is 1.31 bits per heavy atom. The lowest BCUT2D eigenvalue weighted by Gasteiger charge is -1.81. The van der Waals surface area contributed by atoms with Gasteiger partial charge in [0.25, 0.3) is 0 Å². The van der Waals surface area contributed by atoms with Crippen LogP contribution in [0.25, 0.3) is 0 Å². The third-order valence-electron chi connectivity index (χ3n) is 1.65. The first-order chi connectivity index (χ1) is 7.53. The Morgan fingerprint density at radius 1 is 1.06 bits per heavy atom. The van der Waals surface area contributed by atoms with Crippen molar-refractivity contribution in [2.24, 2.45) is 10.3 Å². The molecule has 0 spiro atoms. The minimum absolute atomic E-state index is 0.773. The molecule has 5 nitrogen and oxygen atoms in total. The van der Waals surface area contributed by atoms with Crippen molar-refractivity contribution in [3.05, 3.63) is 0 Å². The Kier molecular flexibility index (Phi) is 25.2. The lowest BCUT2D eigenvalue weighted by Crippen LogP contribution is -1.83. The third-order valence-corrected chi connectivity index (χ3v) is 2.23. The van der Waals surface area contributed by atoms with E-state index in [4.69, 9.17) is 10.4 Å². The number of oxime groups is 2.